The lowest BCUT2D eigenvalue weighted by Gasteiger charge is -2.48. The average molecular weight is 341 g/mol. The van der Waals surface area contributed by atoms with Crippen LogP contribution in [0.25, 0.3) is 0 Å². The Kier molecular flexibility index (Phi) is 4.95. The van der Waals surface area contributed by atoms with Crippen molar-refractivity contribution < 1.29 is 9.53 Å². The van der Waals surface area contributed by atoms with Crippen LogP contribution in [-0.4, -0.2) is 26.1 Å². The quantitative estimate of drug-likeness (QED) is 0.846. The number of aliphatic hydroxyl groups is 1. The first kappa shape index (κ1) is 17.4. The van der Waals surface area contributed by atoms with Gasteiger partial charge < -0.3 is 9.53 Å². The van der Waals surface area contributed by atoms with E-state index in [0.717, 1.165) is 12.8 Å². The van der Waals surface area contributed by atoms with Crippen molar-refractivity contribution in [2.45, 2.75) is 44.8 Å². The molecule has 24 heavy (non-hydrogen) atoms. The van der Waals surface area contributed by atoms with Crippen molar-refractivity contribution in [3.05, 3.63) is 60.7 Å². The minimum Gasteiger partial charge on any atom is -0.404 e. The van der Waals surface area contributed by atoms with Crippen molar-refractivity contribution >= 4 is 18.7 Å². The molecule has 0 atom stereocenters. The van der Waals surface area contributed by atoms with Crippen LogP contribution in [0.15, 0.2) is 60.7 Å². The van der Waals surface area contributed by atoms with Gasteiger partial charge in [0.1, 0.15) is 0 Å². The number of hydrogen-bond donors (Lipinski definition) is 1. The van der Waals surface area contributed by atoms with Gasteiger partial charge >= 0.3 is 0 Å². The first-order chi connectivity index (χ1) is 11.5. The van der Waals surface area contributed by atoms with Gasteiger partial charge in [-0.3, -0.25) is 0 Å². The molecule has 3 rings (SSSR count). The van der Waals surface area contributed by atoms with E-state index in [1.165, 1.54) is 10.4 Å². The third kappa shape index (κ3) is 3.08. The SMILES string of the molecule is CC(C)(C)[Si](O[C@H]1C[C@H](CO)C1)(c1ccccc1)c1ccccc1. The molecule has 0 heterocycles. The van der Waals surface area contributed by atoms with Crippen LogP contribution in [0.1, 0.15) is 33.6 Å². The summed E-state index contributed by atoms with van der Waals surface area (Å²) in [4.78, 5) is 0. The number of benzene rings is 2. The van der Waals surface area contributed by atoms with Crippen LogP contribution in [0.2, 0.25) is 5.04 Å². The highest BCUT2D eigenvalue weighted by molar-refractivity contribution is 6.99. The Bertz CT molecular complexity index is 603. The van der Waals surface area contributed by atoms with E-state index in [9.17, 15) is 5.11 Å². The third-order valence-electron chi connectivity index (χ3n) is 5.21. The normalized spacial score (nSPS) is 21.3. The Morgan fingerprint density at radius 3 is 1.75 bits per heavy atom. The molecule has 2 nitrogen and oxygen atoms in total. The molecular formula is C21H28O2Si. The van der Waals surface area contributed by atoms with Crippen molar-refractivity contribution in [1.82, 2.24) is 0 Å². The molecule has 0 unspecified atom stereocenters. The van der Waals surface area contributed by atoms with Gasteiger partial charge in [0, 0.05) is 12.7 Å². The Balaban J connectivity index is 2.08. The smallest absolute Gasteiger partial charge is 0.261 e. The highest BCUT2D eigenvalue weighted by Crippen LogP contribution is 2.41. The van der Waals surface area contributed by atoms with Crippen LogP contribution < -0.4 is 10.4 Å². The topological polar surface area (TPSA) is 29.5 Å². The molecule has 1 N–H and O–H groups in total. The minimum atomic E-state index is -2.41. The molecule has 0 saturated heterocycles. The summed E-state index contributed by atoms with van der Waals surface area (Å²) in [6.07, 6.45) is 2.20. The first-order valence-electron chi connectivity index (χ1n) is 8.87. The number of hydrogen-bond acceptors (Lipinski definition) is 2. The van der Waals surface area contributed by atoms with Crippen molar-refractivity contribution in [3.63, 3.8) is 0 Å². The van der Waals surface area contributed by atoms with Gasteiger partial charge in [-0.1, -0.05) is 81.4 Å². The molecule has 0 aliphatic heterocycles. The zero-order valence-electron chi connectivity index (χ0n) is 14.9. The summed E-state index contributed by atoms with van der Waals surface area (Å²) in [5, 5.41) is 12.0. The Morgan fingerprint density at radius 2 is 1.38 bits per heavy atom. The summed E-state index contributed by atoms with van der Waals surface area (Å²) in [6.45, 7) is 7.20. The maximum Gasteiger partial charge on any atom is 0.261 e. The maximum atomic E-state index is 9.35. The van der Waals surface area contributed by atoms with Gasteiger partial charge in [0.05, 0.1) is 0 Å². The van der Waals surface area contributed by atoms with Crippen LogP contribution in [0.4, 0.5) is 0 Å². The maximum absolute atomic E-state index is 9.35. The van der Waals surface area contributed by atoms with Crippen LogP contribution in [0.3, 0.4) is 0 Å². The van der Waals surface area contributed by atoms with Gasteiger partial charge in [0.15, 0.2) is 0 Å². The van der Waals surface area contributed by atoms with E-state index in [2.05, 4.69) is 81.4 Å². The van der Waals surface area contributed by atoms with Crippen molar-refractivity contribution in [3.8, 4) is 0 Å². The Labute approximate surface area is 146 Å². The molecule has 0 amide bonds. The molecule has 1 fully saturated rings. The summed E-state index contributed by atoms with van der Waals surface area (Å²) < 4.78 is 6.97. The lowest BCUT2D eigenvalue weighted by Crippen LogP contribution is -2.68. The Hall–Kier alpha value is -1.42. The van der Waals surface area contributed by atoms with Gasteiger partial charge in [-0.25, -0.2) is 0 Å². The first-order valence-corrected chi connectivity index (χ1v) is 10.8. The van der Waals surface area contributed by atoms with Gasteiger partial charge in [-0.2, -0.15) is 0 Å². The van der Waals surface area contributed by atoms with Gasteiger partial charge in [-0.15, -0.1) is 0 Å². The van der Waals surface area contributed by atoms with E-state index in [-0.39, 0.29) is 17.7 Å². The van der Waals surface area contributed by atoms with E-state index in [1.54, 1.807) is 0 Å². The molecule has 1 saturated carbocycles. The average Bonchev–Trinajstić information content (AvgIpc) is 2.54. The standard InChI is InChI=1S/C21H28O2Si/c1-21(2,3)24(19-10-6-4-7-11-19,20-12-8-5-9-13-20)23-18-14-17(15-18)16-22/h4-13,17-18,22H,14-16H2,1-3H3/t17-,18-. The Morgan fingerprint density at radius 1 is 0.917 bits per heavy atom. The largest absolute Gasteiger partial charge is 0.404 e. The molecule has 2 aromatic rings. The predicted molar refractivity (Wildman–Crippen MR) is 102 cm³/mol. The molecule has 0 aromatic heterocycles. The van der Waals surface area contributed by atoms with Crippen molar-refractivity contribution in [2.75, 3.05) is 6.61 Å². The van der Waals surface area contributed by atoms with Crippen LogP contribution >= 0.6 is 0 Å². The monoisotopic (exact) mass is 340 g/mol. The minimum absolute atomic E-state index is 0.0278. The second kappa shape index (κ2) is 6.83. The number of aliphatic hydroxyl groups excluding tert-OH is 1. The zero-order chi connectivity index (χ0) is 17.2. The molecule has 0 radical (unpaired) electrons. The summed E-state index contributed by atoms with van der Waals surface area (Å²) in [7, 11) is -2.41. The lowest BCUT2D eigenvalue weighted by atomic mass is 9.83. The zero-order valence-corrected chi connectivity index (χ0v) is 15.9. The molecule has 1 aliphatic rings. The molecule has 2 aromatic carbocycles. The van der Waals surface area contributed by atoms with Crippen molar-refractivity contribution in [2.24, 2.45) is 5.92 Å². The van der Waals surface area contributed by atoms with E-state index >= 15 is 0 Å². The van der Waals surface area contributed by atoms with Crippen molar-refractivity contribution in [1.29, 1.82) is 0 Å². The van der Waals surface area contributed by atoms with Crippen LogP contribution in [-0.2, 0) is 4.43 Å². The number of rotatable bonds is 5. The van der Waals surface area contributed by atoms with Crippen LogP contribution in [0, 0.1) is 5.92 Å². The van der Waals surface area contributed by atoms with E-state index in [4.69, 9.17) is 4.43 Å². The molecule has 0 spiro atoms. The second-order valence-corrected chi connectivity index (χ2v) is 12.2. The molecule has 0 bridgehead atoms. The fourth-order valence-electron chi connectivity index (χ4n) is 3.86. The molecule has 1 aliphatic carbocycles. The summed E-state index contributed by atoms with van der Waals surface area (Å²) in [5.74, 6) is 0.410. The van der Waals surface area contributed by atoms with Crippen LogP contribution in [0.5, 0.6) is 0 Å². The second-order valence-electron chi connectivity index (χ2n) is 7.92. The third-order valence-corrected chi connectivity index (χ3v) is 10.3. The predicted octanol–water partition coefficient (Wildman–Crippen LogP) is 3.33. The highest BCUT2D eigenvalue weighted by Gasteiger charge is 2.52. The highest BCUT2D eigenvalue weighted by atomic mass is 28.4. The summed E-state index contributed by atoms with van der Waals surface area (Å²) in [6, 6.07) is 21.5. The molecule has 3 heteroatoms. The summed E-state index contributed by atoms with van der Waals surface area (Å²) >= 11 is 0. The molecule has 128 valence electrons. The van der Waals surface area contributed by atoms with E-state index in [0.29, 0.717) is 5.92 Å². The summed E-state index contributed by atoms with van der Waals surface area (Å²) in [5.41, 5.74) is 0. The fourth-order valence-corrected chi connectivity index (χ4v) is 8.57. The van der Waals surface area contributed by atoms with E-state index in [1.807, 2.05) is 0 Å². The van der Waals surface area contributed by atoms with Gasteiger partial charge in [0.25, 0.3) is 8.32 Å². The van der Waals surface area contributed by atoms with Gasteiger partial charge in [0.2, 0.25) is 0 Å². The van der Waals surface area contributed by atoms with E-state index < -0.39 is 8.32 Å². The van der Waals surface area contributed by atoms with Gasteiger partial charge in [-0.05, 0) is 34.2 Å². The lowest BCUT2D eigenvalue weighted by molar-refractivity contribution is 0.0258. The molecular weight excluding hydrogens is 312 g/mol. The fraction of sp³-hybridized carbons (Fsp3) is 0.429.